The molecular formula is C27H36N2O. The number of aromatic amines is 1. The Morgan fingerprint density at radius 2 is 1.53 bits per heavy atom. The quantitative estimate of drug-likeness (QED) is 0.463. The Labute approximate surface area is 181 Å². The zero-order chi connectivity index (χ0) is 22.0. The van der Waals surface area contributed by atoms with Crippen LogP contribution in [0.25, 0.3) is 22.2 Å². The highest BCUT2D eigenvalue weighted by molar-refractivity contribution is 6.00. The largest absolute Gasteiger partial charge is 0.354 e. The molecular weight excluding hydrogens is 368 g/mol. The van der Waals surface area contributed by atoms with Crippen molar-refractivity contribution in [1.29, 1.82) is 0 Å². The van der Waals surface area contributed by atoms with Gasteiger partial charge >= 0.3 is 0 Å². The molecule has 1 amide bonds. The fourth-order valence-electron chi connectivity index (χ4n) is 4.42. The number of benzene rings is 2. The van der Waals surface area contributed by atoms with Crippen molar-refractivity contribution in [3.63, 3.8) is 0 Å². The van der Waals surface area contributed by atoms with E-state index >= 15 is 0 Å². The summed E-state index contributed by atoms with van der Waals surface area (Å²) in [5, 5.41) is 1.16. The molecule has 0 saturated heterocycles. The number of hydrogen-bond acceptors (Lipinski definition) is 1. The Kier molecular flexibility index (Phi) is 6.70. The molecule has 1 heterocycles. The van der Waals surface area contributed by atoms with Crippen molar-refractivity contribution >= 4 is 16.8 Å². The molecule has 1 N–H and O–H groups in total. The van der Waals surface area contributed by atoms with Gasteiger partial charge in [-0.2, -0.15) is 0 Å². The summed E-state index contributed by atoms with van der Waals surface area (Å²) in [5.41, 5.74) is 8.07. The van der Waals surface area contributed by atoms with Crippen LogP contribution in [0.15, 0.2) is 36.4 Å². The van der Waals surface area contributed by atoms with E-state index < -0.39 is 0 Å². The van der Waals surface area contributed by atoms with Crippen LogP contribution in [-0.4, -0.2) is 28.9 Å². The number of carbonyl (C=O) groups excluding carboxylic acids is 1. The molecule has 0 unspecified atom stereocenters. The number of fused-ring (bicyclic) bond motifs is 1. The monoisotopic (exact) mass is 404 g/mol. The molecule has 2 aromatic carbocycles. The summed E-state index contributed by atoms with van der Waals surface area (Å²) >= 11 is 0. The third-order valence-electron chi connectivity index (χ3n) is 5.48. The van der Waals surface area contributed by atoms with Gasteiger partial charge < -0.3 is 9.88 Å². The van der Waals surface area contributed by atoms with Gasteiger partial charge in [-0.15, -0.1) is 0 Å². The molecule has 30 heavy (non-hydrogen) atoms. The van der Waals surface area contributed by atoms with Crippen LogP contribution in [0.4, 0.5) is 0 Å². The third kappa shape index (κ3) is 4.77. The van der Waals surface area contributed by atoms with Gasteiger partial charge in [-0.25, -0.2) is 0 Å². The van der Waals surface area contributed by atoms with E-state index in [4.69, 9.17) is 0 Å². The fourth-order valence-corrected chi connectivity index (χ4v) is 4.42. The summed E-state index contributed by atoms with van der Waals surface area (Å²) < 4.78 is 0. The first-order chi connectivity index (χ1) is 14.2. The van der Waals surface area contributed by atoms with Gasteiger partial charge in [0.2, 0.25) is 0 Å². The Hall–Kier alpha value is -2.55. The lowest BCUT2D eigenvalue weighted by Crippen LogP contribution is -2.37. The summed E-state index contributed by atoms with van der Waals surface area (Å²) in [6.45, 7) is 16.7. The van der Waals surface area contributed by atoms with Gasteiger partial charge in [0.25, 0.3) is 5.91 Å². The van der Waals surface area contributed by atoms with Crippen molar-refractivity contribution in [2.75, 3.05) is 13.1 Å². The van der Waals surface area contributed by atoms with Crippen LogP contribution in [0.1, 0.15) is 61.7 Å². The minimum atomic E-state index is 0.135. The average Bonchev–Trinajstić information content (AvgIpc) is 3.03. The maximum atomic E-state index is 13.3. The lowest BCUT2D eigenvalue weighted by Gasteiger charge is -2.26. The van der Waals surface area contributed by atoms with Crippen molar-refractivity contribution in [2.45, 2.75) is 54.9 Å². The molecule has 0 radical (unpaired) electrons. The van der Waals surface area contributed by atoms with Crippen molar-refractivity contribution in [2.24, 2.45) is 11.8 Å². The zero-order valence-corrected chi connectivity index (χ0v) is 19.6. The molecule has 0 aliphatic carbocycles. The predicted octanol–water partition coefficient (Wildman–Crippen LogP) is 6.77. The number of rotatable bonds is 7. The minimum absolute atomic E-state index is 0.135. The van der Waals surface area contributed by atoms with Crippen LogP contribution in [-0.2, 0) is 6.42 Å². The summed E-state index contributed by atoms with van der Waals surface area (Å²) in [7, 11) is 0. The number of carbonyl (C=O) groups is 1. The van der Waals surface area contributed by atoms with E-state index in [-0.39, 0.29) is 5.91 Å². The molecule has 0 atom stereocenters. The average molecular weight is 405 g/mol. The second-order valence-corrected chi connectivity index (χ2v) is 9.47. The molecule has 0 spiro atoms. The van der Waals surface area contributed by atoms with Crippen LogP contribution in [0.3, 0.4) is 0 Å². The molecule has 3 nitrogen and oxygen atoms in total. The fraction of sp³-hybridized carbons (Fsp3) is 0.444. The number of H-pyrrole nitrogens is 1. The summed E-state index contributed by atoms with van der Waals surface area (Å²) in [4.78, 5) is 19.0. The van der Waals surface area contributed by atoms with Crippen LogP contribution < -0.4 is 0 Å². The van der Waals surface area contributed by atoms with E-state index in [1.807, 2.05) is 11.0 Å². The van der Waals surface area contributed by atoms with Gasteiger partial charge in [0.1, 0.15) is 0 Å². The van der Waals surface area contributed by atoms with E-state index in [2.05, 4.69) is 83.8 Å². The number of amides is 1. The predicted molar refractivity (Wildman–Crippen MR) is 128 cm³/mol. The van der Waals surface area contributed by atoms with Gasteiger partial charge in [0, 0.05) is 35.2 Å². The van der Waals surface area contributed by atoms with Crippen molar-refractivity contribution in [3.05, 3.63) is 58.7 Å². The summed E-state index contributed by atoms with van der Waals surface area (Å²) in [6.07, 6.45) is 0.918. The number of aromatic nitrogens is 1. The summed E-state index contributed by atoms with van der Waals surface area (Å²) in [5.74, 6) is 1.03. The Balaban J connectivity index is 2.06. The van der Waals surface area contributed by atoms with Crippen LogP contribution >= 0.6 is 0 Å². The molecule has 160 valence electrons. The molecule has 0 bridgehead atoms. The molecule has 3 heteroatoms. The number of hydrogen-bond donors (Lipinski definition) is 1. The van der Waals surface area contributed by atoms with E-state index in [1.54, 1.807) is 0 Å². The lowest BCUT2D eigenvalue weighted by molar-refractivity contribution is 0.0715. The summed E-state index contributed by atoms with van der Waals surface area (Å²) in [6, 6.07) is 12.8. The second-order valence-electron chi connectivity index (χ2n) is 9.47. The first-order valence-corrected chi connectivity index (χ1v) is 11.2. The van der Waals surface area contributed by atoms with Gasteiger partial charge in [-0.3, -0.25) is 4.79 Å². The van der Waals surface area contributed by atoms with Gasteiger partial charge in [-0.1, -0.05) is 51.8 Å². The molecule has 0 saturated carbocycles. The SMILES string of the molecule is CCc1c(-c2cc(C)cc(C)c2)[nH]c2ccc(C(=O)N(CC(C)C)CC(C)C)cc12. The Morgan fingerprint density at radius 3 is 2.07 bits per heavy atom. The highest BCUT2D eigenvalue weighted by Crippen LogP contribution is 2.32. The number of aryl methyl sites for hydroxylation is 3. The van der Waals surface area contributed by atoms with Crippen LogP contribution in [0.2, 0.25) is 0 Å². The molecule has 3 rings (SSSR count). The van der Waals surface area contributed by atoms with Crippen LogP contribution in [0, 0.1) is 25.7 Å². The Bertz CT molecular complexity index is 1010. The molecule has 0 aliphatic rings. The van der Waals surface area contributed by atoms with Gasteiger partial charge in [0.05, 0.1) is 0 Å². The van der Waals surface area contributed by atoms with Crippen molar-refractivity contribution in [3.8, 4) is 11.3 Å². The van der Waals surface area contributed by atoms with Crippen molar-refractivity contribution < 1.29 is 4.79 Å². The Morgan fingerprint density at radius 1 is 0.933 bits per heavy atom. The molecule has 3 aromatic rings. The maximum absolute atomic E-state index is 13.3. The van der Waals surface area contributed by atoms with E-state index in [1.165, 1.54) is 27.9 Å². The highest BCUT2D eigenvalue weighted by Gasteiger charge is 2.20. The number of nitrogens with zero attached hydrogens (tertiary/aromatic N) is 1. The third-order valence-corrected chi connectivity index (χ3v) is 5.48. The lowest BCUT2D eigenvalue weighted by atomic mass is 9.99. The van der Waals surface area contributed by atoms with Gasteiger partial charge in [0.15, 0.2) is 0 Å². The zero-order valence-electron chi connectivity index (χ0n) is 19.6. The van der Waals surface area contributed by atoms with E-state index in [0.29, 0.717) is 11.8 Å². The molecule has 0 aliphatic heterocycles. The van der Waals surface area contributed by atoms with Crippen molar-refractivity contribution in [1.82, 2.24) is 9.88 Å². The van der Waals surface area contributed by atoms with Gasteiger partial charge in [-0.05, 0) is 73.6 Å². The smallest absolute Gasteiger partial charge is 0.253 e. The topological polar surface area (TPSA) is 36.1 Å². The molecule has 0 fully saturated rings. The highest BCUT2D eigenvalue weighted by atomic mass is 16.2. The van der Waals surface area contributed by atoms with E-state index in [0.717, 1.165) is 36.0 Å². The second kappa shape index (κ2) is 9.07. The van der Waals surface area contributed by atoms with E-state index in [9.17, 15) is 4.79 Å². The normalized spacial score (nSPS) is 11.6. The number of nitrogens with one attached hydrogen (secondary N) is 1. The first kappa shape index (κ1) is 22.1. The molecule has 1 aromatic heterocycles. The first-order valence-electron chi connectivity index (χ1n) is 11.2. The standard InChI is InChI=1S/C27H36N2O/c1-8-23-24-14-21(27(30)29(15-17(2)3)16-18(4)5)9-10-25(24)28-26(23)22-12-19(6)11-20(7)13-22/h9-14,17-18,28H,8,15-16H2,1-7H3. The van der Waals surface area contributed by atoms with Crippen LogP contribution in [0.5, 0.6) is 0 Å². The maximum Gasteiger partial charge on any atom is 0.253 e. The minimum Gasteiger partial charge on any atom is -0.354 e.